The predicted octanol–water partition coefficient (Wildman–Crippen LogP) is 5.64. The Bertz CT molecular complexity index is 1100. The van der Waals surface area contributed by atoms with Gasteiger partial charge in [-0.1, -0.05) is 91.0 Å². The number of hydrogen-bond acceptors (Lipinski definition) is 4. The van der Waals surface area contributed by atoms with Crippen LogP contribution in [0.4, 0.5) is 5.95 Å². The van der Waals surface area contributed by atoms with Gasteiger partial charge in [-0.25, -0.2) is 9.97 Å². The zero-order valence-corrected chi connectivity index (χ0v) is 20.8. The van der Waals surface area contributed by atoms with Gasteiger partial charge in [-0.05, 0) is 49.6 Å². The molecule has 0 amide bonds. The zero-order chi connectivity index (χ0) is 24.1. The smallest absolute Gasteiger partial charge is 0.225 e. The summed E-state index contributed by atoms with van der Waals surface area (Å²) in [6.45, 7) is 9.07. The van der Waals surface area contributed by atoms with Crippen LogP contribution in [0.2, 0.25) is 0 Å². The molecule has 0 N–H and O–H groups in total. The predicted molar refractivity (Wildman–Crippen MR) is 144 cm³/mol. The fraction of sp³-hybridized carbons (Fsp3) is 0.290. The summed E-state index contributed by atoms with van der Waals surface area (Å²) in [5, 5.41) is 0. The Kier molecular flexibility index (Phi) is 6.91. The summed E-state index contributed by atoms with van der Waals surface area (Å²) in [7, 11) is 0. The molecule has 1 saturated heterocycles. The molecule has 1 aliphatic rings. The largest absolute Gasteiger partial charge is 0.338 e. The van der Waals surface area contributed by atoms with Crippen LogP contribution < -0.4 is 4.90 Å². The van der Waals surface area contributed by atoms with Crippen molar-refractivity contribution in [1.82, 2.24) is 14.9 Å². The van der Waals surface area contributed by atoms with Gasteiger partial charge in [-0.3, -0.25) is 4.90 Å². The maximum absolute atomic E-state index is 4.68. The molecule has 3 aromatic carbocycles. The third-order valence-electron chi connectivity index (χ3n) is 7.23. The average molecular weight is 463 g/mol. The summed E-state index contributed by atoms with van der Waals surface area (Å²) in [6, 6.07) is 35.1. The minimum Gasteiger partial charge on any atom is -0.338 e. The molecule has 1 aliphatic heterocycles. The van der Waals surface area contributed by atoms with E-state index in [9.17, 15) is 0 Å². The molecule has 0 aliphatic carbocycles. The Labute approximate surface area is 209 Å². The summed E-state index contributed by atoms with van der Waals surface area (Å²) < 4.78 is 0. The van der Waals surface area contributed by atoms with Gasteiger partial charge in [-0.15, -0.1) is 0 Å². The molecule has 0 unspecified atom stereocenters. The van der Waals surface area contributed by atoms with Crippen molar-refractivity contribution in [3.63, 3.8) is 0 Å². The number of piperazine rings is 1. The fourth-order valence-corrected chi connectivity index (χ4v) is 5.45. The van der Waals surface area contributed by atoms with Gasteiger partial charge in [-0.2, -0.15) is 0 Å². The van der Waals surface area contributed by atoms with E-state index in [0.717, 1.165) is 56.5 Å². The Balaban J connectivity index is 1.40. The van der Waals surface area contributed by atoms with Crippen LogP contribution in [0.25, 0.3) is 0 Å². The van der Waals surface area contributed by atoms with Gasteiger partial charge in [0, 0.05) is 43.0 Å². The lowest BCUT2D eigenvalue weighted by Crippen LogP contribution is -2.48. The monoisotopic (exact) mass is 462 g/mol. The number of hydrogen-bond donors (Lipinski definition) is 0. The number of nitrogens with zero attached hydrogens (tertiary/aromatic N) is 4. The van der Waals surface area contributed by atoms with Crippen molar-refractivity contribution < 1.29 is 0 Å². The lowest BCUT2D eigenvalue weighted by atomic mass is 9.67. The van der Waals surface area contributed by atoms with Crippen LogP contribution >= 0.6 is 0 Å². The maximum Gasteiger partial charge on any atom is 0.225 e. The van der Waals surface area contributed by atoms with Crippen molar-refractivity contribution >= 4 is 5.95 Å². The highest BCUT2D eigenvalue weighted by molar-refractivity contribution is 5.50. The van der Waals surface area contributed by atoms with Crippen molar-refractivity contribution in [1.29, 1.82) is 0 Å². The normalized spacial score (nSPS) is 14.7. The first-order valence-corrected chi connectivity index (χ1v) is 12.6. The van der Waals surface area contributed by atoms with Gasteiger partial charge in [0.05, 0.1) is 0 Å². The van der Waals surface area contributed by atoms with E-state index in [1.54, 1.807) is 0 Å². The Hall–Kier alpha value is -3.50. The van der Waals surface area contributed by atoms with Crippen LogP contribution in [0, 0.1) is 13.8 Å². The summed E-state index contributed by atoms with van der Waals surface area (Å²) in [5.41, 5.74) is 5.91. The van der Waals surface area contributed by atoms with Crippen molar-refractivity contribution in [2.24, 2.45) is 0 Å². The average Bonchev–Trinajstić information content (AvgIpc) is 2.91. The zero-order valence-electron chi connectivity index (χ0n) is 20.8. The molecule has 178 valence electrons. The molecule has 2 heterocycles. The second kappa shape index (κ2) is 10.4. The third-order valence-corrected chi connectivity index (χ3v) is 7.23. The molecule has 4 nitrogen and oxygen atoms in total. The minimum absolute atomic E-state index is 0.197. The van der Waals surface area contributed by atoms with Crippen LogP contribution in [-0.2, 0) is 5.41 Å². The molecule has 0 saturated carbocycles. The second-order valence-corrected chi connectivity index (χ2v) is 9.53. The molecule has 5 rings (SSSR count). The van der Waals surface area contributed by atoms with Crippen molar-refractivity contribution in [2.75, 3.05) is 37.6 Å². The first-order valence-electron chi connectivity index (χ1n) is 12.6. The molecule has 0 atom stereocenters. The van der Waals surface area contributed by atoms with Crippen LogP contribution in [0.5, 0.6) is 0 Å². The van der Waals surface area contributed by atoms with Crippen molar-refractivity contribution in [3.05, 3.63) is 125 Å². The molecule has 1 aromatic heterocycles. The van der Waals surface area contributed by atoms with Gasteiger partial charge in [0.15, 0.2) is 0 Å². The number of anilines is 1. The summed E-state index contributed by atoms with van der Waals surface area (Å²) in [4.78, 5) is 14.3. The van der Waals surface area contributed by atoms with Crippen LogP contribution in [0.15, 0.2) is 97.1 Å². The van der Waals surface area contributed by atoms with Gasteiger partial charge >= 0.3 is 0 Å². The number of benzene rings is 3. The first-order chi connectivity index (χ1) is 17.1. The highest BCUT2D eigenvalue weighted by Crippen LogP contribution is 2.42. The molecular weight excluding hydrogens is 428 g/mol. The van der Waals surface area contributed by atoms with Gasteiger partial charge in [0.1, 0.15) is 0 Å². The van der Waals surface area contributed by atoms with Crippen molar-refractivity contribution in [2.45, 2.75) is 25.7 Å². The van der Waals surface area contributed by atoms with Crippen LogP contribution in [0.3, 0.4) is 0 Å². The highest BCUT2D eigenvalue weighted by atomic mass is 15.3. The Morgan fingerprint density at radius 3 is 1.49 bits per heavy atom. The van der Waals surface area contributed by atoms with E-state index in [1.165, 1.54) is 16.7 Å². The maximum atomic E-state index is 4.68. The molecule has 1 fully saturated rings. The molecule has 4 aromatic rings. The molecule has 0 radical (unpaired) electrons. The van der Waals surface area contributed by atoms with Gasteiger partial charge in [0.25, 0.3) is 0 Å². The number of aryl methyl sites for hydroxylation is 2. The standard InChI is InChI=1S/C31H34N4/c1-25-24-26(2)33-30(32-25)35-22-20-34(21-23-35)19-18-31(27-12-6-3-7-13-27,28-14-8-4-9-15-28)29-16-10-5-11-17-29/h3-17,24H,18-23H2,1-2H3. The molecular formula is C31H34N4. The lowest BCUT2D eigenvalue weighted by molar-refractivity contribution is 0.241. The number of rotatable bonds is 7. The van der Waals surface area contributed by atoms with Gasteiger partial charge in [0.2, 0.25) is 5.95 Å². The Morgan fingerprint density at radius 2 is 1.06 bits per heavy atom. The van der Waals surface area contributed by atoms with E-state index in [2.05, 4.69) is 111 Å². The third kappa shape index (κ3) is 4.98. The summed E-state index contributed by atoms with van der Waals surface area (Å²) in [5.74, 6) is 0.870. The molecule has 0 bridgehead atoms. The molecule has 35 heavy (non-hydrogen) atoms. The minimum atomic E-state index is -0.197. The van der Waals surface area contributed by atoms with E-state index in [1.807, 2.05) is 19.9 Å². The molecule has 0 spiro atoms. The van der Waals surface area contributed by atoms with Crippen molar-refractivity contribution in [3.8, 4) is 0 Å². The van der Waals surface area contributed by atoms with E-state index in [-0.39, 0.29) is 5.41 Å². The quantitative estimate of drug-likeness (QED) is 0.333. The number of aromatic nitrogens is 2. The first kappa shape index (κ1) is 23.3. The van der Waals surface area contributed by atoms with E-state index in [0.29, 0.717) is 0 Å². The van der Waals surface area contributed by atoms with E-state index < -0.39 is 0 Å². The lowest BCUT2D eigenvalue weighted by Gasteiger charge is -2.40. The van der Waals surface area contributed by atoms with Crippen LogP contribution in [-0.4, -0.2) is 47.6 Å². The SMILES string of the molecule is Cc1cc(C)nc(N2CCN(CCC(c3ccccc3)(c3ccccc3)c3ccccc3)CC2)n1. The Morgan fingerprint density at radius 1 is 0.629 bits per heavy atom. The molecule has 4 heteroatoms. The highest BCUT2D eigenvalue weighted by Gasteiger charge is 2.36. The van der Waals surface area contributed by atoms with Gasteiger partial charge < -0.3 is 4.90 Å². The van der Waals surface area contributed by atoms with E-state index >= 15 is 0 Å². The summed E-state index contributed by atoms with van der Waals surface area (Å²) >= 11 is 0. The second-order valence-electron chi connectivity index (χ2n) is 9.53. The fourth-order valence-electron chi connectivity index (χ4n) is 5.45. The summed E-state index contributed by atoms with van der Waals surface area (Å²) in [6.07, 6.45) is 1.02. The topological polar surface area (TPSA) is 32.3 Å². The van der Waals surface area contributed by atoms with E-state index in [4.69, 9.17) is 0 Å². The van der Waals surface area contributed by atoms with Crippen LogP contribution in [0.1, 0.15) is 34.5 Å².